The lowest BCUT2D eigenvalue weighted by atomic mass is 10.1. The van der Waals surface area contributed by atoms with Gasteiger partial charge in [-0.15, -0.1) is 0 Å². The van der Waals surface area contributed by atoms with Crippen molar-refractivity contribution in [3.05, 3.63) is 24.2 Å². The summed E-state index contributed by atoms with van der Waals surface area (Å²) in [6.45, 7) is 4.05. The average molecular weight is 297 g/mol. The van der Waals surface area contributed by atoms with Crippen LogP contribution in [0.2, 0.25) is 0 Å². The number of guanidine groups is 1. The van der Waals surface area contributed by atoms with Gasteiger partial charge >= 0.3 is 0 Å². The molecule has 1 fully saturated rings. The normalized spacial score (nSPS) is 23.0. The van der Waals surface area contributed by atoms with Crippen molar-refractivity contribution in [2.75, 3.05) is 31.1 Å². The number of nitrogens with one attached hydrogen (secondary N) is 2. The number of furan rings is 1. The second-order valence-electron chi connectivity index (χ2n) is 4.98. The summed E-state index contributed by atoms with van der Waals surface area (Å²) in [4.78, 5) is 4.49. The van der Waals surface area contributed by atoms with Crippen molar-refractivity contribution >= 4 is 17.7 Å². The Morgan fingerprint density at radius 2 is 2.45 bits per heavy atom. The van der Waals surface area contributed by atoms with Gasteiger partial charge in [0.05, 0.1) is 18.4 Å². The van der Waals surface area contributed by atoms with Crippen LogP contribution in [0.1, 0.15) is 19.1 Å². The summed E-state index contributed by atoms with van der Waals surface area (Å²) in [5, 5.41) is 16.7. The fraction of sp³-hybridized carbons (Fsp3) is 0.643. The summed E-state index contributed by atoms with van der Waals surface area (Å²) < 4.78 is 5.29. The fourth-order valence-electron chi connectivity index (χ4n) is 2.05. The van der Waals surface area contributed by atoms with E-state index in [9.17, 15) is 5.11 Å². The summed E-state index contributed by atoms with van der Waals surface area (Å²) in [5.74, 6) is 3.51. The van der Waals surface area contributed by atoms with Crippen molar-refractivity contribution in [1.29, 1.82) is 0 Å². The summed E-state index contributed by atoms with van der Waals surface area (Å²) >= 11 is 1.79. The maximum absolute atomic E-state index is 10.3. The number of nitrogens with zero attached hydrogens (tertiary/aromatic N) is 1. The quantitative estimate of drug-likeness (QED) is 0.544. The number of aliphatic imine (C=N–C) groups is 1. The molecule has 1 saturated heterocycles. The van der Waals surface area contributed by atoms with Crippen LogP contribution in [-0.2, 0) is 6.42 Å². The van der Waals surface area contributed by atoms with Crippen molar-refractivity contribution in [3.8, 4) is 0 Å². The van der Waals surface area contributed by atoms with Crippen molar-refractivity contribution in [2.24, 2.45) is 4.99 Å². The highest BCUT2D eigenvalue weighted by molar-refractivity contribution is 7.99. The number of rotatable bonds is 6. The molecule has 3 N–H and O–H groups in total. The highest BCUT2D eigenvalue weighted by Crippen LogP contribution is 2.27. The molecule has 1 unspecified atom stereocenters. The molecule has 1 aliphatic rings. The first-order chi connectivity index (χ1) is 9.72. The second-order valence-corrected chi connectivity index (χ2v) is 6.08. The molecule has 2 rings (SSSR count). The summed E-state index contributed by atoms with van der Waals surface area (Å²) in [5.41, 5.74) is -0.631. The van der Waals surface area contributed by atoms with Gasteiger partial charge in [-0.25, -0.2) is 0 Å². The van der Waals surface area contributed by atoms with Gasteiger partial charge in [0, 0.05) is 25.3 Å². The minimum absolute atomic E-state index is 0.454. The fourth-order valence-corrected chi connectivity index (χ4v) is 3.33. The van der Waals surface area contributed by atoms with E-state index in [1.54, 1.807) is 18.0 Å². The third-order valence-electron chi connectivity index (χ3n) is 3.20. The molecule has 20 heavy (non-hydrogen) atoms. The molecule has 1 aromatic heterocycles. The monoisotopic (exact) mass is 297 g/mol. The number of hydrogen-bond acceptors (Lipinski definition) is 4. The average Bonchev–Trinajstić information content (AvgIpc) is 3.08. The summed E-state index contributed by atoms with van der Waals surface area (Å²) in [6.07, 6.45) is 3.33. The van der Waals surface area contributed by atoms with Gasteiger partial charge in [0.25, 0.3) is 0 Å². The predicted octanol–water partition coefficient (Wildman–Crippen LogP) is 1.25. The topological polar surface area (TPSA) is 69.8 Å². The molecule has 1 aliphatic heterocycles. The van der Waals surface area contributed by atoms with Crippen LogP contribution < -0.4 is 10.6 Å². The first kappa shape index (κ1) is 15.3. The zero-order chi connectivity index (χ0) is 14.3. The smallest absolute Gasteiger partial charge is 0.191 e. The largest absolute Gasteiger partial charge is 0.469 e. The molecule has 112 valence electrons. The maximum Gasteiger partial charge on any atom is 0.191 e. The third kappa shape index (κ3) is 4.76. The van der Waals surface area contributed by atoms with Gasteiger partial charge in [-0.1, -0.05) is 0 Å². The number of hydrogen-bond donors (Lipinski definition) is 3. The Labute approximate surface area is 124 Å². The van der Waals surface area contributed by atoms with Crippen LogP contribution in [0.25, 0.3) is 0 Å². The van der Waals surface area contributed by atoms with E-state index in [1.165, 1.54) is 0 Å². The van der Waals surface area contributed by atoms with E-state index in [4.69, 9.17) is 4.42 Å². The Morgan fingerprint density at radius 1 is 1.55 bits per heavy atom. The Morgan fingerprint density at radius 3 is 3.10 bits per heavy atom. The van der Waals surface area contributed by atoms with Crippen LogP contribution in [-0.4, -0.2) is 47.8 Å². The number of aliphatic hydroxyl groups is 1. The first-order valence-corrected chi connectivity index (χ1v) is 8.22. The van der Waals surface area contributed by atoms with E-state index in [2.05, 4.69) is 15.6 Å². The minimum Gasteiger partial charge on any atom is -0.469 e. The van der Waals surface area contributed by atoms with Gasteiger partial charge in [-0.3, -0.25) is 4.99 Å². The molecule has 1 atom stereocenters. The van der Waals surface area contributed by atoms with Crippen molar-refractivity contribution < 1.29 is 9.52 Å². The third-order valence-corrected chi connectivity index (χ3v) is 4.44. The van der Waals surface area contributed by atoms with Crippen molar-refractivity contribution in [2.45, 2.75) is 25.4 Å². The Balaban J connectivity index is 1.79. The zero-order valence-corrected chi connectivity index (χ0v) is 12.7. The molecule has 1 aromatic rings. The van der Waals surface area contributed by atoms with Crippen molar-refractivity contribution in [3.63, 3.8) is 0 Å². The Hall–Kier alpha value is -1.14. The molecule has 0 radical (unpaired) electrons. The van der Waals surface area contributed by atoms with Gasteiger partial charge < -0.3 is 20.2 Å². The van der Waals surface area contributed by atoms with E-state index in [-0.39, 0.29) is 0 Å². The van der Waals surface area contributed by atoms with E-state index in [1.807, 2.05) is 19.1 Å². The zero-order valence-electron chi connectivity index (χ0n) is 11.9. The van der Waals surface area contributed by atoms with Crippen LogP contribution >= 0.6 is 11.8 Å². The lowest BCUT2D eigenvalue weighted by Gasteiger charge is -2.19. The van der Waals surface area contributed by atoms with Crippen LogP contribution in [0.5, 0.6) is 0 Å². The molecule has 6 heteroatoms. The first-order valence-electron chi connectivity index (χ1n) is 7.06. The Bertz CT molecular complexity index is 414. The maximum atomic E-state index is 10.3. The lowest BCUT2D eigenvalue weighted by molar-refractivity contribution is 0.0778. The molecule has 2 heterocycles. The minimum atomic E-state index is -0.631. The molecule has 0 spiro atoms. The standard InChI is InChI=1S/C14H23N3O2S/c1-2-15-13(16-7-5-12-4-3-8-19-12)17-10-14(18)6-9-20-11-14/h3-4,8,18H,2,5-7,9-11H2,1H3,(H2,15,16,17). The van der Waals surface area contributed by atoms with Gasteiger partial charge in [0.15, 0.2) is 5.96 Å². The number of thioether (sulfide) groups is 1. The van der Waals surface area contributed by atoms with Crippen LogP contribution in [0.15, 0.2) is 27.8 Å². The Kier molecular flexibility index (Phi) is 5.79. The molecule has 0 aromatic carbocycles. The van der Waals surface area contributed by atoms with Gasteiger partial charge in [-0.2, -0.15) is 11.8 Å². The van der Waals surface area contributed by atoms with E-state index < -0.39 is 5.60 Å². The highest BCUT2D eigenvalue weighted by atomic mass is 32.2. The molecule has 0 bridgehead atoms. The van der Waals surface area contributed by atoms with E-state index >= 15 is 0 Å². The van der Waals surface area contributed by atoms with Crippen LogP contribution in [0.3, 0.4) is 0 Å². The van der Waals surface area contributed by atoms with Crippen LogP contribution in [0.4, 0.5) is 0 Å². The van der Waals surface area contributed by atoms with Crippen molar-refractivity contribution in [1.82, 2.24) is 10.6 Å². The summed E-state index contributed by atoms with van der Waals surface area (Å²) in [6, 6.07) is 3.85. The van der Waals surface area contributed by atoms with Gasteiger partial charge in [0.1, 0.15) is 5.76 Å². The molecule has 5 nitrogen and oxygen atoms in total. The second kappa shape index (κ2) is 7.59. The van der Waals surface area contributed by atoms with E-state index in [0.29, 0.717) is 6.54 Å². The molecular formula is C14H23N3O2S. The lowest BCUT2D eigenvalue weighted by Crippen LogP contribution is -2.40. The van der Waals surface area contributed by atoms with Gasteiger partial charge in [-0.05, 0) is 31.2 Å². The molecular weight excluding hydrogens is 274 g/mol. The SMILES string of the molecule is CCNC(=NCC1(O)CCSC1)NCCc1ccco1. The summed E-state index contributed by atoms with van der Waals surface area (Å²) in [7, 11) is 0. The highest BCUT2D eigenvalue weighted by Gasteiger charge is 2.31. The van der Waals surface area contributed by atoms with Gasteiger partial charge in [0.2, 0.25) is 0 Å². The van der Waals surface area contributed by atoms with Crippen LogP contribution in [0, 0.1) is 0 Å². The predicted molar refractivity (Wildman–Crippen MR) is 83.3 cm³/mol. The molecule has 0 aliphatic carbocycles. The molecule has 0 amide bonds. The van der Waals surface area contributed by atoms with E-state index in [0.717, 1.165) is 49.2 Å². The molecule has 0 saturated carbocycles.